The van der Waals surface area contributed by atoms with Crippen LogP contribution in [0.1, 0.15) is 28.5 Å². The summed E-state index contributed by atoms with van der Waals surface area (Å²) >= 11 is 2.74. The molecule has 0 unspecified atom stereocenters. The van der Waals surface area contributed by atoms with Crippen LogP contribution in [0.4, 0.5) is 0 Å². The van der Waals surface area contributed by atoms with Gasteiger partial charge in [-0.2, -0.15) is 0 Å². The van der Waals surface area contributed by atoms with Gasteiger partial charge in [-0.05, 0) is 51.8 Å². The topological polar surface area (TPSA) is 61.2 Å². The molecule has 0 aliphatic carbocycles. The molecule has 0 fully saturated rings. The molecule has 0 aliphatic heterocycles. The summed E-state index contributed by atoms with van der Waals surface area (Å²) in [6.45, 7) is 10.0. The van der Waals surface area contributed by atoms with E-state index in [1.165, 1.54) is 23.1 Å². The number of carbonyl (C=O) groups excluding carboxylic acids is 1. The van der Waals surface area contributed by atoms with Gasteiger partial charge >= 0.3 is 5.97 Å². The van der Waals surface area contributed by atoms with Crippen molar-refractivity contribution in [3.8, 4) is 5.69 Å². The summed E-state index contributed by atoms with van der Waals surface area (Å²) in [5, 5.41) is 1.16. The Morgan fingerprint density at radius 3 is 2.67 bits per heavy atom. The first-order chi connectivity index (χ1) is 12.8. The molecule has 0 N–H and O–H groups in total. The molecule has 142 valence electrons. The molecular weight excluding hydrogens is 380 g/mol. The maximum atomic E-state index is 13.4. The fourth-order valence-corrected chi connectivity index (χ4v) is 4.84. The van der Waals surface area contributed by atoms with Crippen molar-refractivity contribution in [1.29, 1.82) is 0 Å². The zero-order valence-electron chi connectivity index (χ0n) is 16.1. The molecule has 2 heterocycles. The van der Waals surface area contributed by atoms with E-state index in [1.54, 1.807) is 11.5 Å². The second kappa shape index (κ2) is 7.86. The monoisotopic (exact) mass is 402 g/mol. The number of ether oxygens (including phenoxy) is 1. The summed E-state index contributed by atoms with van der Waals surface area (Å²) in [4.78, 5) is 31.7. The number of esters is 1. The van der Waals surface area contributed by atoms with Crippen LogP contribution in [-0.2, 0) is 9.53 Å². The van der Waals surface area contributed by atoms with Crippen molar-refractivity contribution in [1.82, 2.24) is 9.55 Å². The number of hydrogen-bond donors (Lipinski definition) is 0. The fraction of sp³-hybridized carbons (Fsp3) is 0.350. The summed E-state index contributed by atoms with van der Waals surface area (Å²) in [6.07, 6.45) is 0. The highest BCUT2D eigenvalue weighted by Crippen LogP contribution is 2.30. The number of carbonyl (C=O) groups is 1. The average molecular weight is 403 g/mol. The first-order valence-corrected chi connectivity index (χ1v) is 10.5. The van der Waals surface area contributed by atoms with E-state index in [4.69, 9.17) is 9.72 Å². The van der Waals surface area contributed by atoms with Crippen molar-refractivity contribution in [3.63, 3.8) is 0 Å². The van der Waals surface area contributed by atoms with Crippen LogP contribution in [0, 0.1) is 27.7 Å². The highest BCUT2D eigenvalue weighted by atomic mass is 32.2. The second-order valence-electron chi connectivity index (χ2n) is 6.38. The minimum atomic E-state index is -0.317. The number of hydrogen-bond acceptors (Lipinski definition) is 6. The van der Waals surface area contributed by atoms with Crippen molar-refractivity contribution in [2.45, 2.75) is 39.8 Å². The van der Waals surface area contributed by atoms with Crippen LogP contribution >= 0.6 is 23.1 Å². The Kier molecular flexibility index (Phi) is 5.72. The van der Waals surface area contributed by atoms with Gasteiger partial charge < -0.3 is 4.74 Å². The van der Waals surface area contributed by atoms with Gasteiger partial charge in [-0.25, -0.2) is 4.98 Å². The van der Waals surface area contributed by atoms with Gasteiger partial charge in [0.05, 0.1) is 23.4 Å². The Balaban J connectivity index is 2.22. The Labute approximate surface area is 166 Å². The smallest absolute Gasteiger partial charge is 0.316 e. The molecule has 0 atom stereocenters. The number of rotatable bonds is 5. The van der Waals surface area contributed by atoms with Crippen molar-refractivity contribution in [2.75, 3.05) is 12.4 Å². The van der Waals surface area contributed by atoms with Crippen molar-refractivity contribution < 1.29 is 9.53 Å². The summed E-state index contributed by atoms with van der Waals surface area (Å²) in [6, 6.07) is 5.95. The summed E-state index contributed by atoms with van der Waals surface area (Å²) in [7, 11) is 0. The van der Waals surface area contributed by atoms with E-state index in [0.29, 0.717) is 22.0 Å². The molecule has 3 rings (SSSR count). The lowest BCUT2D eigenvalue weighted by Crippen LogP contribution is -2.23. The van der Waals surface area contributed by atoms with Crippen LogP contribution in [-0.4, -0.2) is 27.9 Å². The maximum absolute atomic E-state index is 13.4. The first-order valence-electron chi connectivity index (χ1n) is 8.72. The third kappa shape index (κ3) is 3.80. The van der Waals surface area contributed by atoms with E-state index in [2.05, 4.69) is 0 Å². The standard InChI is InChI=1S/C20H22N2O3S2/c1-6-25-16(23)10-26-20-21-18-17(13(4)14(5)27-18)19(24)22(20)15-8-7-11(2)9-12(15)3/h7-9H,6,10H2,1-5H3. The number of aryl methyl sites for hydroxylation is 4. The Morgan fingerprint density at radius 1 is 1.26 bits per heavy atom. The van der Waals surface area contributed by atoms with E-state index >= 15 is 0 Å². The predicted molar refractivity (Wildman–Crippen MR) is 112 cm³/mol. The average Bonchev–Trinajstić information content (AvgIpc) is 2.89. The molecule has 0 saturated carbocycles. The molecule has 0 aliphatic rings. The lowest BCUT2D eigenvalue weighted by atomic mass is 10.1. The largest absolute Gasteiger partial charge is 0.465 e. The van der Waals surface area contributed by atoms with Crippen LogP contribution < -0.4 is 5.56 Å². The summed E-state index contributed by atoms with van der Waals surface area (Å²) in [5.41, 5.74) is 3.77. The van der Waals surface area contributed by atoms with Gasteiger partial charge in [-0.3, -0.25) is 14.2 Å². The molecule has 0 bridgehead atoms. The highest BCUT2D eigenvalue weighted by Gasteiger charge is 2.19. The van der Waals surface area contributed by atoms with Crippen LogP contribution in [0.3, 0.4) is 0 Å². The van der Waals surface area contributed by atoms with E-state index in [1.807, 2.05) is 45.9 Å². The molecule has 2 aromatic heterocycles. The number of nitrogens with zero attached hydrogens (tertiary/aromatic N) is 2. The fourth-order valence-electron chi connectivity index (χ4n) is 2.97. The second-order valence-corrected chi connectivity index (χ2v) is 8.53. The van der Waals surface area contributed by atoms with E-state index in [-0.39, 0.29) is 17.3 Å². The molecule has 7 heteroatoms. The molecule has 5 nitrogen and oxygen atoms in total. The lowest BCUT2D eigenvalue weighted by Gasteiger charge is -2.14. The highest BCUT2D eigenvalue weighted by molar-refractivity contribution is 7.99. The number of aromatic nitrogens is 2. The van der Waals surface area contributed by atoms with Gasteiger partial charge in [0.25, 0.3) is 5.56 Å². The Bertz CT molecular complexity index is 1080. The lowest BCUT2D eigenvalue weighted by molar-refractivity contribution is -0.139. The normalized spacial score (nSPS) is 11.1. The maximum Gasteiger partial charge on any atom is 0.316 e. The van der Waals surface area contributed by atoms with Gasteiger partial charge in [-0.15, -0.1) is 11.3 Å². The third-order valence-corrected chi connectivity index (χ3v) is 6.40. The zero-order chi connectivity index (χ0) is 19.7. The van der Waals surface area contributed by atoms with Gasteiger partial charge in [0.1, 0.15) is 4.83 Å². The Hall–Kier alpha value is -2.12. The molecular formula is C20H22N2O3S2. The number of fused-ring (bicyclic) bond motifs is 1. The molecule has 3 aromatic rings. The number of benzene rings is 1. The van der Waals surface area contributed by atoms with Gasteiger partial charge in [0.2, 0.25) is 0 Å². The molecule has 1 aromatic carbocycles. The van der Waals surface area contributed by atoms with E-state index in [9.17, 15) is 9.59 Å². The summed E-state index contributed by atoms with van der Waals surface area (Å²) in [5.74, 6) is -0.206. The van der Waals surface area contributed by atoms with Crippen LogP contribution in [0.15, 0.2) is 28.2 Å². The van der Waals surface area contributed by atoms with Crippen LogP contribution in [0.5, 0.6) is 0 Å². The first kappa shape index (κ1) is 19.6. The molecule has 0 saturated heterocycles. The third-order valence-electron chi connectivity index (χ3n) is 4.39. The van der Waals surface area contributed by atoms with Crippen LogP contribution in [0.25, 0.3) is 15.9 Å². The van der Waals surface area contributed by atoms with Gasteiger partial charge in [0, 0.05) is 4.88 Å². The molecule has 27 heavy (non-hydrogen) atoms. The van der Waals surface area contributed by atoms with E-state index in [0.717, 1.165) is 27.3 Å². The van der Waals surface area contributed by atoms with Gasteiger partial charge in [0.15, 0.2) is 5.16 Å². The van der Waals surface area contributed by atoms with Crippen molar-refractivity contribution in [2.24, 2.45) is 0 Å². The SMILES string of the molecule is CCOC(=O)CSc1nc2sc(C)c(C)c2c(=O)n1-c1ccc(C)cc1C. The predicted octanol–water partition coefficient (Wildman–Crippen LogP) is 4.34. The van der Waals surface area contributed by atoms with Gasteiger partial charge in [-0.1, -0.05) is 29.5 Å². The molecule has 0 radical (unpaired) electrons. The van der Waals surface area contributed by atoms with Crippen molar-refractivity contribution >= 4 is 39.3 Å². The quantitative estimate of drug-likeness (QED) is 0.361. The minimum Gasteiger partial charge on any atom is -0.465 e. The number of thioether (sulfide) groups is 1. The Morgan fingerprint density at radius 2 is 2.00 bits per heavy atom. The van der Waals surface area contributed by atoms with E-state index < -0.39 is 0 Å². The zero-order valence-corrected chi connectivity index (χ0v) is 17.7. The van der Waals surface area contributed by atoms with Crippen LogP contribution in [0.2, 0.25) is 0 Å². The molecule has 0 amide bonds. The summed E-state index contributed by atoms with van der Waals surface area (Å²) < 4.78 is 6.64. The van der Waals surface area contributed by atoms with Crippen molar-refractivity contribution in [3.05, 3.63) is 50.1 Å². The molecule has 0 spiro atoms. The number of thiophene rings is 1. The minimum absolute atomic E-state index is 0.0971.